The maximum Gasteiger partial charge on any atom is 0.311 e. The number of carbonyl (C=O) groups excluding carboxylic acids is 2. The molecule has 3 aliphatic rings. The smallest absolute Gasteiger partial charge is 0.311 e. The number of likely N-dealkylation sites (tertiary alicyclic amines) is 1. The summed E-state index contributed by atoms with van der Waals surface area (Å²) in [4.78, 5) is 36.6. The first kappa shape index (κ1) is 11.6. The van der Waals surface area contributed by atoms with Crippen molar-refractivity contribution in [3.05, 3.63) is 0 Å². The fraction of sp³-hybridized carbons (Fsp3) is 0.750. The molecule has 3 rings (SSSR count). The molecule has 2 aliphatic heterocycles. The fourth-order valence-corrected chi connectivity index (χ4v) is 3.33. The lowest BCUT2D eigenvalue weighted by atomic mass is 9.99. The molecule has 1 N–H and O–H groups in total. The molecule has 3 fully saturated rings. The SMILES string of the molecule is CC1(C)C2C(=O)N(C3COCC3C(=O)O)C(=O)C21. The summed E-state index contributed by atoms with van der Waals surface area (Å²) in [5.41, 5.74) is -0.261. The van der Waals surface area contributed by atoms with Crippen molar-refractivity contribution in [1.82, 2.24) is 4.90 Å². The molecule has 0 aromatic carbocycles. The van der Waals surface area contributed by atoms with Crippen LogP contribution >= 0.6 is 0 Å². The summed E-state index contributed by atoms with van der Waals surface area (Å²) in [6, 6.07) is -0.633. The van der Waals surface area contributed by atoms with Crippen LogP contribution in [0.2, 0.25) is 0 Å². The molecule has 2 amide bonds. The number of carboxylic acids is 1. The molecule has 6 nitrogen and oxygen atoms in total. The highest BCUT2D eigenvalue weighted by molar-refractivity contribution is 6.10. The summed E-state index contributed by atoms with van der Waals surface area (Å²) in [7, 11) is 0. The van der Waals surface area contributed by atoms with Gasteiger partial charge in [-0.1, -0.05) is 13.8 Å². The Morgan fingerprint density at radius 1 is 1.28 bits per heavy atom. The molecule has 0 aromatic heterocycles. The minimum absolute atomic E-state index is 0.0653. The first-order chi connectivity index (χ1) is 8.37. The van der Waals surface area contributed by atoms with Crippen molar-refractivity contribution in [3.63, 3.8) is 0 Å². The van der Waals surface area contributed by atoms with Gasteiger partial charge in [0, 0.05) is 0 Å². The van der Waals surface area contributed by atoms with Gasteiger partial charge in [0.05, 0.1) is 31.1 Å². The first-order valence-electron chi connectivity index (χ1n) is 6.05. The highest BCUT2D eigenvalue weighted by atomic mass is 16.5. The molecule has 2 saturated heterocycles. The summed E-state index contributed by atoms with van der Waals surface area (Å²) in [5.74, 6) is -2.79. The second-order valence-corrected chi connectivity index (χ2v) is 5.87. The lowest BCUT2D eigenvalue weighted by Gasteiger charge is -2.27. The Labute approximate surface area is 104 Å². The van der Waals surface area contributed by atoms with Gasteiger partial charge in [0.1, 0.15) is 5.92 Å². The second-order valence-electron chi connectivity index (χ2n) is 5.87. The summed E-state index contributed by atoms with van der Waals surface area (Å²) in [6.45, 7) is 3.99. The number of carbonyl (C=O) groups is 3. The summed E-state index contributed by atoms with van der Waals surface area (Å²) in [6.07, 6.45) is 0. The van der Waals surface area contributed by atoms with E-state index in [1.807, 2.05) is 13.8 Å². The Kier molecular flexibility index (Phi) is 2.15. The van der Waals surface area contributed by atoms with Crippen LogP contribution < -0.4 is 0 Å². The van der Waals surface area contributed by atoms with Crippen LogP contribution in [0.1, 0.15) is 13.8 Å². The van der Waals surface area contributed by atoms with E-state index in [9.17, 15) is 14.4 Å². The Balaban J connectivity index is 1.85. The van der Waals surface area contributed by atoms with Crippen molar-refractivity contribution in [3.8, 4) is 0 Å². The van der Waals surface area contributed by atoms with Crippen LogP contribution in [-0.2, 0) is 19.1 Å². The van der Waals surface area contributed by atoms with Crippen molar-refractivity contribution < 1.29 is 24.2 Å². The fourth-order valence-electron chi connectivity index (χ4n) is 3.33. The Morgan fingerprint density at radius 2 is 1.83 bits per heavy atom. The third-order valence-corrected chi connectivity index (χ3v) is 4.53. The van der Waals surface area contributed by atoms with Crippen LogP contribution in [0.5, 0.6) is 0 Å². The van der Waals surface area contributed by atoms with E-state index in [1.54, 1.807) is 0 Å². The van der Waals surface area contributed by atoms with Gasteiger partial charge >= 0.3 is 5.97 Å². The quantitative estimate of drug-likeness (QED) is 0.685. The molecule has 0 aromatic rings. The minimum Gasteiger partial charge on any atom is -0.481 e. The molecule has 4 unspecified atom stereocenters. The van der Waals surface area contributed by atoms with E-state index in [4.69, 9.17) is 9.84 Å². The molecule has 0 spiro atoms. The molecule has 1 aliphatic carbocycles. The van der Waals surface area contributed by atoms with Gasteiger partial charge in [-0.15, -0.1) is 0 Å². The third-order valence-electron chi connectivity index (χ3n) is 4.53. The lowest BCUT2D eigenvalue weighted by Crippen LogP contribution is -2.49. The van der Waals surface area contributed by atoms with E-state index in [1.165, 1.54) is 0 Å². The van der Waals surface area contributed by atoms with E-state index < -0.39 is 17.9 Å². The molecule has 0 bridgehead atoms. The van der Waals surface area contributed by atoms with Crippen molar-refractivity contribution in [2.24, 2.45) is 23.2 Å². The second kappa shape index (κ2) is 3.32. The van der Waals surface area contributed by atoms with Crippen LogP contribution in [0.4, 0.5) is 0 Å². The lowest BCUT2D eigenvalue weighted by molar-refractivity contribution is -0.150. The predicted molar refractivity (Wildman–Crippen MR) is 58.3 cm³/mol. The largest absolute Gasteiger partial charge is 0.481 e. The zero-order chi connectivity index (χ0) is 13.2. The molecular weight excluding hydrogens is 238 g/mol. The Bertz CT molecular complexity index is 433. The standard InChI is InChI=1S/C12H15NO5/c1-12(2)7-8(12)10(15)13(9(7)14)6-4-18-3-5(6)11(16)17/h5-8H,3-4H2,1-2H3,(H,16,17). The molecular formula is C12H15NO5. The number of carboxylic acid groups (broad SMARTS) is 1. The van der Waals surface area contributed by atoms with E-state index in [-0.39, 0.29) is 42.3 Å². The van der Waals surface area contributed by atoms with E-state index >= 15 is 0 Å². The Hall–Kier alpha value is -1.43. The van der Waals surface area contributed by atoms with E-state index in [2.05, 4.69) is 0 Å². The van der Waals surface area contributed by atoms with Crippen LogP contribution in [0.15, 0.2) is 0 Å². The molecule has 1 saturated carbocycles. The number of ether oxygens (including phenoxy) is 1. The predicted octanol–water partition coefficient (Wildman–Crippen LogP) is -0.273. The number of imide groups is 1. The number of amides is 2. The average Bonchev–Trinajstić information content (AvgIpc) is 2.64. The van der Waals surface area contributed by atoms with Gasteiger partial charge in [-0.2, -0.15) is 0 Å². The van der Waals surface area contributed by atoms with Crippen molar-refractivity contribution in [1.29, 1.82) is 0 Å². The normalized spacial score (nSPS) is 41.1. The minimum atomic E-state index is -1.02. The molecule has 18 heavy (non-hydrogen) atoms. The van der Waals surface area contributed by atoms with Gasteiger partial charge < -0.3 is 9.84 Å². The zero-order valence-electron chi connectivity index (χ0n) is 10.3. The third kappa shape index (κ3) is 1.24. The van der Waals surface area contributed by atoms with Gasteiger partial charge in [-0.25, -0.2) is 0 Å². The zero-order valence-corrected chi connectivity index (χ0v) is 10.3. The van der Waals surface area contributed by atoms with Crippen molar-refractivity contribution in [2.45, 2.75) is 19.9 Å². The van der Waals surface area contributed by atoms with Crippen LogP contribution in [0.25, 0.3) is 0 Å². The van der Waals surface area contributed by atoms with Gasteiger partial charge in [0.15, 0.2) is 0 Å². The van der Waals surface area contributed by atoms with E-state index in [0.29, 0.717) is 0 Å². The number of rotatable bonds is 2. The van der Waals surface area contributed by atoms with Gasteiger partial charge in [-0.3, -0.25) is 19.3 Å². The highest BCUT2D eigenvalue weighted by Gasteiger charge is 2.73. The molecule has 6 heteroatoms. The Morgan fingerprint density at radius 3 is 2.33 bits per heavy atom. The topological polar surface area (TPSA) is 83.9 Å². The number of piperidine rings is 1. The molecule has 4 atom stereocenters. The monoisotopic (exact) mass is 253 g/mol. The number of hydrogen-bond acceptors (Lipinski definition) is 4. The van der Waals surface area contributed by atoms with Gasteiger partial charge in [0.25, 0.3) is 0 Å². The summed E-state index contributed by atoms with van der Waals surface area (Å²) in [5, 5.41) is 9.07. The van der Waals surface area contributed by atoms with Gasteiger partial charge in [0.2, 0.25) is 11.8 Å². The highest BCUT2D eigenvalue weighted by Crippen LogP contribution is 2.63. The molecule has 2 heterocycles. The van der Waals surface area contributed by atoms with E-state index in [0.717, 1.165) is 4.90 Å². The van der Waals surface area contributed by atoms with Gasteiger partial charge in [-0.05, 0) is 5.41 Å². The van der Waals surface area contributed by atoms with Crippen LogP contribution in [-0.4, -0.2) is 47.0 Å². The number of hydrogen-bond donors (Lipinski definition) is 1. The average molecular weight is 253 g/mol. The maximum atomic E-state index is 12.2. The first-order valence-corrected chi connectivity index (χ1v) is 6.05. The number of fused-ring (bicyclic) bond motifs is 1. The summed E-state index contributed by atoms with van der Waals surface area (Å²) < 4.78 is 5.12. The maximum absolute atomic E-state index is 12.2. The van der Waals surface area contributed by atoms with Crippen LogP contribution in [0.3, 0.4) is 0 Å². The number of nitrogens with zero attached hydrogens (tertiary/aromatic N) is 1. The van der Waals surface area contributed by atoms with Crippen molar-refractivity contribution >= 4 is 17.8 Å². The van der Waals surface area contributed by atoms with Crippen LogP contribution in [0, 0.1) is 23.2 Å². The van der Waals surface area contributed by atoms with Crippen molar-refractivity contribution in [2.75, 3.05) is 13.2 Å². The molecule has 0 radical (unpaired) electrons. The summed E-state index contributed by atoms with van der Waals surface area (Å²) >= 11 is 0. The molecule has 98 valence electrons. The number of aliphatic carboxylic acids is 1.